The van der Waals surface area contributed by atoms with Gasteiger partial charge in [-0.05, 0) is 73.6 Å². The maximum absolute atomic E-state index is 13.4. The lowest BCUT2D eigenvalue weighted by molar-refractivity contribution is -0.133. The minimum absolute atomic E-state index is 0.140. The van der Waals surface area contributed by atoms with Gasteiger partial charge in [0.1, 0.15) is 6.04 Å². The molecule has 0 bridgehead atoms. The molecule has 7 heteroatoms. The van der Waals surface area contributed by atoms with Crippen LogP contribution < -0.4 is 4.72 Å². The van der Waals surface area contributed by atoms with Gasteiger partial charge in [0.2, 0.25) is 15.9 Å². The molecule has 1 saturated carbocycles. The zero-order chi connectivity index (χ0) is 23.3. The van der Waals surface area contributed by atoms with Crippen LogP contribution in [0.1, 0.15) is 54.9 Å². The number of rotatable bonds is 8. The maximum atomic E-state index is 13.4. The molecule has 0 spiro atoms. The van der Waals surface area contributed by atoms with Crippen molar-refractivity contribution in [3.63, 3.8) is 0 Å². The van der Waals surface area contributed by atoms with Crippen LogP contribution in [0.3, 0.4) is 0 Å². The van der Waals surface area contributed by atoms with Crippen LogP contribution in [0.5, 0.6) is 0 Å². The number of nitriles is 1. The molecule has 0 radical (unpaired) electrons. The highest BCUT2D eigenvalue weighted by Gasteiger charge is 2.32. The second-order valence-electron chi connectivity index (χ2n) is 8.52. The molecule has 1 atom stereocenters. The average molecular weight is 454 g/mol. The van der Waals surface area contributed by atoms with Crippen molar-refractivity contribution in [1.82, 2.24) is 9.62 Å². The second kappa shape index (κ2) is 10.3. The first kappa shape index (κ1) is 24.0. The Balaban J connectivity index is 1.89. The molecule has 170 valence electrons. The summed E-state index contributed by atoms with van der Waals surface area (Å²) in [7, 11) is -2.13. The molecule has 32 heavy (non-hydrogen) atoms. The number of amides is 1. The molecule has 1 fully saturated rings. The van der Waals surface area contributed by atoms with Crippen LogP contribution in [0.25, 0.3) is 0 Å². The van der Waals surface area contributed by atoms with Crippen molar-refractivity contribution < 1.29 is 13.2 Å². The Labute approximate surface area is 191 Å². The van der Waals surface area contributed by atoms with Crippen LogP contribution in [0.15, 0.2) is 47.4 Å². The molecule has 1 amide bonds. The molecule has 1 N–H and O–H groups in total. The first-order valence-corrected chi connectivity index (χ1v) is 12.6. The highest BCUT2D eigenvalue weighted by molar-refractivity contribution is 7.89. The number of benzene rings is 2. The van der Waals surface area contributed by atoms with Gasteiger partial charge in [-0.25, -0.2) is 8.42 Å². The van der Waals surface area contributed by atoms with Crippen molar-refractivity contribution in [1.29, 1.82) is 5.26 Å². The minimum Gasteiger partial charge on any atom is -0.341 e. The van der Waals surface area contributed by atoms with Gasteiger partial charge in [0.15, 0.2) is 0 Å². The number of sulfonamides is 1. The zero-order valence-corrected chi connectivity index (χ0v) is 19.8. The van der Waals surface area contributed by atoms with Crippen molar-refractivity contribution in [2.75, 3.05) is 7.05 Å². The monoisotopic (exact) mass is 453 g/mol. The van der Waals surface area contributed by atoms with Crippen molar-refractivity contribution in [3.05, 3.63) is 64.7 Å². The summed E-state index contributed by atoms with van der Waals surface area (Å²) < 4.78 is 29.1. The number of likely N-dealkylation sites (N-methyl/N-ethyl adjacent to an activating group) is 1. The Morgan fingerprint density at radius 2 is 1.84 bits per heavy atom. The van der Waals surface area contributed by atoms with E-state index < -0.39 is 16.1 Å². The third-order valence-electron chi connectivity index (χ3n) is 6.35. The molecule has 3 rings (SSSR count). The van der Waals surface area contributed by atoms with Gasteiger partial charge in [0.25, 0.3) is 0 Å². The third-order valence-corrected chi connectivity index (χ3v) is 7.82. The molecule has 2 aromatic rings. The number of nitrogens with one attached hydrogen (secondary N) is 1. The molecule has 0 aliphatic heterocycles. The van der Waals surface area contributed by atoms with E-state index in [1.54, 1.807) is 54.4 Å². The van der Waals surface area contributed by atoms with Crippen LogP contribution in [0, 0.1) is 18.3 Å². The van der Waals surface area contributed by atoms with Crippen LogP contribution in [0.2, 0.25) is 0 Å². The molecule has 1 aliphatic rings. The van der Waals surface area contributed by atoms with Gasteiger partial charge < -0.3 is 4.90 Å². The summed E-state index contributed by atoms with van der Waals surface area (Å²) in [6.45, 7) is 3.94. The largest absolute Gasteiger partial charge is 0.341 e. The predicted octanol–water partition coefficient (Wildman–Crippen LogP) is 3.72. The summed E-state index contributed by atoms with van der Waals surface area (Å²) in [5, 5.41) is 9.03. The van der Waals surface area contributed by atoms with Crippen molar-refractivity contribution >= 4 is 15.9 Å². The highest BCUT2D eigenvalue weighted by Crippen LogP contribution is 2.24. The van der Waals surface area contributed by atoms with Crippen molar-refractivity contribution in [2.45, 2.75) is 69.4 Å². The lowest BCUT2D eigenvalue weighted by Crippen LogP contribution is -2.50. The van der Waals surface area contributed by atoms with Crippen LogP contribution in [0.4, 0.5) is 0 Å². The summed E-state index contributed by atoms with van der Waals surface area (Å²) in [5.74, 6) is -0.229. The van der Waals surface area contributed by atoms with Gasteiger partial charge in [-0.3, -0.25) is 4.79 Å². The summed E-state index contributed by atoms with van der Waals surface area (Å²) >= 11 is 0. The maximum Gasteiger partial charge on any atom is 0.241 e. The van der Waals surface area contributed by atoms with Crippen molar-refractivity contribution in [2.24, 2.45) is 0 Å². The van der Waals surface area contributed by atoms with Gasteiger partial charge in [0.05, 0.1) is 16.5 Å². The Morgan fingerprint density at radius 3 is 2.44 bits per heavy atom. The van der Waals surface area contributed by atoms with E-state index in [2.05, 4.69) is 10.8 Å². The molecule has 1 unspecified atom stereocenters. The number of nitrogens with zero attached hydrogens (tertiary/aromatic N) is 2. The molecule has 0 heterocycles. The predicted molar refractivity (Wildman–Crippen MR) is 125 cm³/mol. The number of hydrogen-bond donors (Lipinski definition) is 1. The fourth-order valence-corrected chi connectivity index (χ4v) is 5.54. The summed E-state index contributed by atoms with van der Waals surface area (Å²) in [6.07, 6.45) is 4.99. The number of carbonyl (C=O) groups is 1. The molecular weight excluding hydrogens is 422 g/mol. The van der Waals surface area contributed by atoms with E-state index in [-0.39, 0.29) is 23.3 Å². The quantitative estimate of drug-likeness (QED) is 0.660. The van der Waals surface area contributed by atoms with Crippen molar-refractivity contribution in [3.8, 4) is 6.07 Å². The molecule has 6 nitrogen and oxygen atoms in total. The Morgan fingerprint density at radius 1 is 1.19 bits per heavy atom. The fourth-order valence-electron chi connectivity index (χ4n) is 4.30. The highest BCUT2D eigenvalue weighted by atomic mass is 32.2. The molecular formula is C25H31N3O3S. The van der Waals surface area contributed by atoms with E-state index >= 15 is 0 Å². The first-order chi connectivity index (χ1) is 15.2. The Hall–Kier alpha value is -2.69. The van der Waals surface area contributed by atoms with E-state index in [1.165, 1.54) is 0 Å². The van der Waals surface area contributed by atoms with E-state index in [1.807, 2.05) is 13.8 Å². The zero-order valence-electron chi connectivity index (χ0n) is 19.0. The lowest BCUT2D eigenvalue weighted by atomic mass is 10.0. The molecule has 1 aliphatic carbocycles. The Bertz CT molecular complexity index is 1100. The van der Waals surface area contributed by atoms with E-state index in [9.17, 15) is 13.2 Å². The van der Waals surface area contributed by atoms with Gasteiger partial charge in [-0.15, -0.1) is 0 Å². The van der Waals surface area contributed by atoms with E-state index in [0.29, 0.717) is 5.56 Å². The smallest absolute Gasteiger partial charge is 0.241 e. The first-order valence-electron chi connectivity index (χ1n) is 11.1. The van der Waals surface area contributed by atoms with Crippen LogP contribution in [-0.4, -0.2) is 38.4 Å². The number of hydrogen-bond acceptors (Lipinski definition) is 4. The SMILES string of the molecule is CCc1cc(S(=O)(=O)NC(Cc2ccc(C#N)cc2)C(=O)N(C)C2CCCC2)ccc1C. The average Bonchev–Trinajstić information content (AvgIpc) is 3.33. The summed E-state index contributed by atoms with van der Waals surface area (Å²) in [6, 6.07) is 13.3. The van der Waals surface area contributed by atoms with E-state index in [4.69, 9.17) is 5.26 Å². The van der Waals surface area contributed by atoms with Gasteiger partial charge >= 0.3 is 0 Å². The summed E-state index contributed by atoms with van der Waals surface area (Å²) in [4.78, 5) is 15.3. The summed E-state index contributed by atoms with van der Waals surface area (Å²) in [5.41, 5.74) is 3.32. The topological polar surface area (TPSA) is 90.3 Å². The fraction of sp³-hybridized carbons (Fsp3) is 0.440. The lowest BCUT2D eigenvalue weighted by Gasteiger charge is -2.29. The van der Waals surface area contributed by atoms with Gasteiger partial charge in [-0.1, -0.05) is 38.0 Å². The molecule has 0 aromatic heterocycles. The third kappa shape index (κ3) is 5.56. The van der Waals surface area contributed by atoms with Crippen LogP contribution in [-0.2, 0) is 27.7 Å². The number of aryl methyl sites for hydroxylation is 2. The number of carbonyl (C=O) groups excluding carboxylic acids is 1. The molecule has 2 aromatic carbocycles. The standard InChI is InChI=1S/C25H31N3O3S/c1-4-21-16-23(14-9-18(21)2)32(30,31)27-24(15-19-10-12-20(17-26)13-11-19)25(29)28(3)22-7-5-6-8-22/h9-14,16,22,24,27H,4-8,15H2,1-3H3. The minimum atomic E-state index is -3.89. The Kier molecular flexibility index (Phi) is 7.70. The molecule has 0 saturated heterocycles. The van der Waals surface area contributed by atoms with E-state index in [0.717, 1.165) is 48.8 Å². The van der Waals surface area contributed by atoms with Crippen LogP contribution >= 0.6 is 0 Å². The van der Waals surface area contributed by atoms with Gasteiger partial charge in [0, 0.05) is 13.1 Å². The normalized spacial score (nSPS) is 15.3. The second-order valence-corrected chi connectivity index (χ2v) is 10.2. The van der Waals surface area contributed by atoms with Gasteiger partial charge in [-0.2, -0.15) is 9.98 Å².